The molecule has 1 atom stereocenters. The second-order valence-electron chi connectivity index (χ2n) is 4.99. The van der Waals surface area contributed by atoms with Crippen LogP contribution >= 0.6 is 11.3 Å². The summed E-state index contributed by atoms with van der Waals surface area (Å²) in [7, 11) is 0. The van der Waals surface area contributed by atoms with Crippen molar-refractivity contribution in [1.82, 2.24) is 5.32 Å². The first-order chi connectivity index (χ1) is 11.9. The molecule has 0 saturated carbocycles. The maximum Gasteiger partial charge on any atom is 0.340 e. The number of amides is 3. The van der Waals surface area contributed by atoms with Gasteiger partial charge in [0.1, 0.15) is 5.82 Å². The van der Waals surface area contributed by atoms with Crippen LogP contribution in [0.25, 0.3) is 11.6 Å². The number of benzene rings is 1. The largest absolute Gasteiger partial charge is 0.449 e. The number of carbonyl (C=O) groups excluding carboxylic acids is 3. The van der Waals surface area contributed by atoms with Crippen molar-refractivity contribution in [2.24, 2.45) is 5.73 Å². The molecule has 8 heteroatoms. The number of esters is 1. The van der Waals surface area contributed by atoms with E-state index >= 15 is 0 Å². The van der Waals surface area contributed by atoms with E-state index in [1.807, 2.05) is 5.32 Å². The van der Waals surface area contributed by atoms with Crippen LogP contribution in [0.15, 0.2) is 41.8 Å². The summed E-state index contributed by atoms with van der Waals surface area (Å²) in [5.74, 6) is -1.97. The Labute approximate surface area is 147 Å². The second kappa shape index (κ2) is 8.20. The summed E-state index contributed by atoms with van der Waals surface area (Å²) in [5, 5.41) is 3.62. The van der Waals surface area contributed by atoms with Crippen molar-refractivity contribution in [3.05, 3.63) is 58.0 Å². The van der Waals surface area contributed by atoms with Crippen molar-refractivity contribution in [3.8, 4) is 0 Å². The molecular weight excluding hydrogens is 347 g/mol. The van der Waals surface area contributed by atoms with E-state index in [-0.39, 0.29) is 5.57 Å². The summed E-state index contributed by atoms with van der Waals surface area (Å²) < 4.78 is 18.1. The standard InChI is InChI=1S/C17H15FN2O4S/c1-10(15(21)20-17(19)23)24-16(22)13(14-3-2-8-25-14)9-11-4-6-12(18)7-5-11/h2-10H,1H3,(H3,19,20,21,23)/b13-9+. The minimum absolute atomic E-state index is 0.209. The molecule has 2 rings (SSSR count). The first-order valence-electron chi connectivity index (χ1n) is 7.19. The average molecular weight is 362 g/mol. The zero-order valence-corrected chi connectivity index (χ0v) is 14.0. The summed E-state index contributed by atoms with van der Waals surface area (Å²) in [5.41, 5.74) is 5.66. The zero-order valence-electron chi connectivity index (χ0n) is 13.2. The highest BCUT2D eigenvalue weighted by molar-refractivity contribution is 7.11. The highest BCUT2D eigenvalue weighted by Crippen LogP contribution is 2.25. The van der Waals surface area contributed by atoms with Crippen LogP contribution in [-0.2, 0) is 14.3 Å². The van der Waals surface area contributed by atoms with Gasteiger partial charge in [0, 0.05) is 4.88 Å². The van der Waals surface area contributed by atoms with Gasteiger partial charge in [-0.2, -0.15) is 0 Å². The van der Waals surface area contributed by atoms with Gasteiger partial charge in [-0.15, -0.1) is 11.3 Å². The predicted molar refractivity (Wildman–Crippen MR) is 91.9 cm³/mol. The zero-order chi connectivity index (χ0) is 18.4. The molecule has 2 aromatic rings. The van der Waals surface area contributed by atoms with E-state index in [4.69, 9.17) is 10.5 Å². The molecular formula is C17H15FN2O4S. The molecule has 3 amide bonds. The van der Waals surface area contributed by atoms with Crippen molar-refractivity contribution >= 4 is 40.9 Å². The molecule has 0 radical (unpaired) electrons. The van der Waals surface area contributed by atoms with Crippen LogP contribution < -0.4 is 11.1 Å². The summed E-state index contributed by atoms with van der Waals surface area (Å²) >= 11 is 1.31. The molecule has 130 valence electrons. The number of hydrogen-bond donors (Lipinski definition) is 2. The van der Waals surface area contributed by atoms with Crippen molar-refractivity contribution in [1.29, 1.82) is 0 Å². The predicted octanol–water partition coefficient (Wildman–Crippen LogP) is 2.55. The first kappa shape index (κ1) is 18.3. The number of rotatable bonds is 5. The van der Waals surface area contributed by atoms with Gasteiger partial charge in [0.05, 0.1) is 5.57 Å². The van der Waals surface area contributed by atoms with E-state index in [1.165, 1.54) is 48.6 Å². The van der Waals surface area contributed by atoms with E-state index in [2.05, 4.69) is 0 Å². The Kier molecular flexibility index (Phi) is 6.02. The van der Waals surface area contributed by atoms with E-state index in [1.54, 1.807) is 17.5 Å². The minimum Gasteiger partial charge on any atom is -0.449 e. The number of thiophene rings is 1. The topological polar surface area (TPSA) is 98.5 Å². The summed E-state index contributed by atoms with van der Waals surface area (Å²) in [6.45, 7) is 1.32. The number of carbonyl (C=O) groups is 3. The van der Waals surface area contributed by atoms with Crippen LogP contribution in [-0.4, -0.2) is 24.0 Å². The second-order valence-corrected chi connectivity index (χ2v) is 5.94. The smallest absolute Gasteiger partial charge is 0.340 e. The summed E-state index contributed by atoms with van der Waals surface area (Å²) in [6, 6.07) is 8.01. The molecule has 1 aromatic heterocycles. The lowest BCUT2D eigenvalue weighted by atomic mass is 10.1. The number of hydrogen-bond acceptors (Lipinski definition) is 5. The van der Waals surface area contributed by atoms with Crippen LogP contribution in [0.3, 0.4) is 0 Å². The van der Waals surface area contributed by atoms with Gasteiger partial charge in [0.15, 0.2) is 6.10 Å². The number of ether oxygens (including phenoxy) is 1. The molecule has 0 bridgehead atoms. The van der Waals surface area contributed by atoms with Gasteiger partial charge in [-0.05, 0) is 42.1 Å². The van der Waals surface area contributed by atoms with Gasteiger partial charge in [0.25, 0.3) is 5.91 Å². The quantitative estimate of drug-likeness (QED) is 0.631. The van der Waals surface area contributed by atoms with E-state index in [0.29, 0.717) is 10.4 Å². The molecule has 0 fully saturated rings. The van der Waals surface area contributed by atoms with Crippen molar-refractivity contribution < 1.29 is 23.5 Å². The molecule has 1 heterocycles. The number of nitrogens with one attached hydrogen (secondary N) is 1. The van der Waals surface area contributed by atoms with Gasteiger partial charge in [-0.3, -0.25) is 10.1 Å². The molecule has 0 spiro atoms. The van der Waals surface area contributed by atoms with Gasteiger partial charge >= 0.3 is 12.0 Å². The van der Waals surface area contributed by atoms with Gasteiger partial charge in [-0.1, -0.05) is 18.2 Å². The lowest BCUT2D eigenvalue weighted by molar-refractivity contribution is -0.148. The molecule has 0 aliphatic carbocycles. The van der Waals surface area contributed by atoms with Gasteiger partial charge in [0.2, 0.25) is 0 Å². The average Bonchev–Trinajstić information content (AvgIpc) is 3.07. The molecule has 0 aliphatic rings. The van der Waals surface area contributed by atoms with E-state index in [0.717, 1.165) is 0 Å². The van der Waals surface area contributed by atoms with Crippen LogP contribution in [0.4, 0.5) is 9.18 Å². The molecule has 1 aromatic carbocycles. The maximum atomic E-state index is 13.0. The Hall–Kier alpha value is -3.00. The van der Waals surface area contributed by atoms with Crippen molar-refractivity contribution in [2.45, 2.75) is 13.0 Å². The molecule has 3 N–H and O–H groups in total. The number of urea groups is 1. The molecule has 1 unspecified atom stereocenters. The van der Waals surface area contributed by atoms with Crippen LogP contribution in [0, 0.1) is 5.82 Å². The summed E-state index contributed by atoms with van der Waals surface area (Å²) in [4.78, 5) is 35.4. The number of nitrogens with two attached hydrogens (primary N) is 1. The van der Waals surface area contributed by atoms with E-state index < -0.39 is 29.8 Å². The Morgan fingerprint density at radius 2 is 1.92 bits per heavy atom. The maximum absolute atomic E-state index is 13.0. The van der Waals surface area contributed by atoms with Crippen LogP contribution in [0.5, 0.6) is 0 Å². The summed E-state index contributed by atoms with van der Waals surface area (Å²) in [6.07, 6.45) is 0.323. The number of halogens is 1. The number of primary amides is 1. The van der Waals surface area contributed by atoms with Gasteiger partial charge < -0.3 is 10.5 Å². The minimum atomic E-state index is -1.21. The lowest BCUT2D eigenvalue weighted by Crippen LogP contribution is -2.42. The molecule has 0 aliphatic heterocycles. The Morgan fingerprint density at radius 1 is 1.24 bits per heavy atom. The third-order valence-electron chi connectivity index (χ3n) is 3.09. The highest BCUT2D eigenvalue weighted by Gasteiger charge is 2.22. The third kappa shape index (κ3) is 5.25. The Morgan fingerprint density at radius 3 is 2.48 bits per heavy atom. The third-order valence-corrected chi connectivity index (χ3v) is 3.99. The molecule has 6 nitrogen and oxygen atoms in total. The Balaban J connectivity index is 2.24. The highest BCUT2D eigenvalue weighted by atomic mass is 32.1. The monoisotopic (exact) mass is 362 g/mol. The lowest BCUT2D eigenvalue weighted by Gasteiger charge is -2.13. The number of imide groups is 1. The van der Waals surface area contributed by atoms with Crippen LogP contribution in [0.1, 0.15) is 17.4 Å². The van der Waals surface area contributed by atoms with Crippen LogP contribution in [0.2, 0.25) is 0 Å². The normalized spacial score (nSPS) is 12.3. The fourth-order valence-electron chi connectivity index (χ4n) is 1.89. The van der Waals surface area contributed by atoms with Crippen molar-refractivity contribution in [2.75, 3.05) is 0 Å². The fourth-order valence-corrected chi connectivity index (χ4v) is 2.62. The van der Waals surface area contributed by atoms with E-state index in [9.17, 15) is 18.8 Å². The SMILES string of the molecule is CC(OC(=O)/C(=C/c1ccc(F)cc1)c1cccs1)C(=O)NC(N)=O. The molecule has 0 saturated heterocycles. The Bertz CT molecular complexity index is 801. The first-order valence-corrected chi connectivity index (χ1v) is 8.07. The van der Waals surface area contributed by atoms with Crippen molar-refractivity contribution in [3.63, 3.8) is 0 Å². The van der Waals surface area contributed by atoms with Gasteiger partial charge in [-0.25, -0.2) is 14.0 Å². The fraction of sp³-hybridized carbons (Fsp3) is 0.118. The molecule has 25 heavy (non-hydrogen) atoms.